The van der Waals surface area contributed by atoms with E-state index < -0.39 is 5.97 Å². The number of rotatable bonds is 12. The number of aromatic carboxylic acids is 1. The fraction of sp³-hybridized carbons (Fsp3) is 0.205. The van der Waals surface area contributed by atoms with Crippen LogP contribution in [-0.4, -0.2) is 62.8 Å². The molecule has 0 saturated carbocycles. The highest BCUT2D eigenvalue weighted by molar-refractivity contribution is 6.06. The van der Waals surface area contributed by atoms with Crippen LogP contribution in [0.4, 0.5) is 5.69 Å². The van der Waals surface area contributed by atoms with Gasteiger partial charge in [0.05, 0.1) is 23.1 Å². The van der Waals surface area contributed by atoms with Crippen LogP contribution in [0.1, 0.15) is 57.4 Å². The summed E-state index contributed by atoms with van der Waals surface area (Å²) in [5.74, 6) is -0.115. The number of nitrogens with two attached hydrogens (primary N) is 1. The Morgan fingerprint density at radius 3 is 2.32 bits per heavy atom. The van der Waals surface area contributed by atoms with Crippen molar-refractivity contribution in [2.75, 3.05) is 18.0 Å². The van der Waals surface area contributed by atoms with Gasteiger partial charge in [0, 0.05) is 55.5 Å². The van der Waals surface area contributed by atoms with Crippen LogP contribution in [0, 0.1) is 5.41 Å². The number of nitrogen functional groups attached to an aromatic ring is 1. The van der Waals surface area contributed by atoms with Gasteiger partial charge in [-0.3, -0.25) is 15.2 Å². The van der Waals surface area contributed by atoms with E-state index in [1.54, 1.807) is 23.2 Å². The molecule has 1 aliphatic rings. The lowest BCUT2D eigenvalue weighted by Gasteiger charge is -2.30. The maximum atomic E-state index is 14.2. The molecule has 1 aromatic heterocycles. The number of hydrogen-bond acceptors (Lipinski definition) is 7. The predicted octanol–water partition coefficient (Wildman–Crippen LogP) is 6.43. The smallest absolute Gasteiger partial charge is 0.335 e. The number of carbonyl (C=O) groups is 2. The number of carbonyl (C=O) groups excluding carboxylic acids is 1. The molecule has 1 fully saturated rings. The van der Waals surface area contributed by atoms with Crippen LogP contribution < -0.4 is 15.4 Å². The number of hydrogen-bond donors (Lipinski definition) is 3. The van der Waals surface area contributed by atoms with E-state index >= 15 is 0 Å². The molecular weight excluding hydrogens is 630 g/mol. The van der Waals surface area contributed by atoms with Crippen LogP contribution >= 0.6 is 0 Å². The van der Waals surface area contributed by atoms with Gasteiger partial charge in [0.25, 0.3) is 5.91 Å². The maximum absolute atomic E-state index is 14.2. The molecule has 0 radical (unpaired) electrons. The summed E-state index contributed by atoms with van der Waals surface area (Å²) < 4.78 is 8.34. The van der Waals surface area contributed by atoms with Gasteiger partial charge < -0.3 is 25.0 Å². The van der Waals surface area contributed by atoms with Gasteiger partial charge in [0.1, 0.15) is 23.5 Å². The number of carboxylic acid groups (broad SMARTS) is 1. The van der Waals surface area contributed by atoms with Crippen molar-refractivity contribution in [1.82, 2.24) is 14.6 Å². The second-order valence-corrected chi connectivity index (χ2v) is 12.0. The van der Waals surface area contributed by atoms with E-state index in [1.165, 1.54) is 24.3 Å². The number of amides is 1. The van der Waals surface area contributed by atoms with Crippen molar-refractivity contribution in [3.05, 3.63) is 131 Å². The molecule has 5 aromatic rings. The number of amidine groups is 1. The zero-order chi connectivity index (χ0) is 35.0. The van der Waals surface area contributed by atoms with Crippen molar-refractivity contribution < 1.29 is 19.4 Å². The number of anilines is 1. The number of nitrogens with one attached hydrogen (secondary N) is 1. The first-order valence-electron chi connectivity index (χ1n) is 16.5. The summed E-state index contributed by atoms with van der Waals surface area (Å²) in [5.41, 5.74) is 9.95. The van der Waals surface area contributed by atoms with Gasteiger partial charge in [-0.15, -0.1) is 0 Å². The van der Waals surface area contributed by atoms with Gasteiger partial charge in [0.15, 0.2) is 0 Å². The molecule has 11 heteroatoms. The Bertz CT molecular complexity index is 2030. The first-order chi connectivity index (χ1) is 24.3. The number of hydrazone groups is 1. The highest BCUT2D eigenvalue weighted by Crippen LogP contribution is 2.27. The topological polar surface area (TPSA) is 150 Å². The monoisotopic (exact) mass is 669 g/mol. The normalized spacial score (nSPS) is 13.7. The number of benzene rings is 4. The van der Waals surface area contributed by atoms with E-state index in [2.05, 4.69) is 5.10 Å². The SMILES string of the molecule is C/C=N/N1CCC(Oc2ccc(N(Cc3nc4cc(C(=N)N)ccc4n3C/C=C/c3ccccc3)C(=O)c3ccc(C(=O)O)cc3)cc2)CC1. The Morgan fingerprint density at radius 1 is 0.980 bits per heavy atom. The molecule has 0 atom stereocenters. The second kappa shape index (κ2) is 15.3. The fourth-order valence-electron chi connectivity index (χ4n) is 6.00. The molecule has 11 nitrogen and oxygen atoms in total. The average molecular weight is 670 g/mol. The molecule has 0 spiro atoms. The fourth-order valence-corrected chi connectivity index (χ4v) is 6.00. The third-order valence-corrected chi connectivity index (χ3v) is 8.61. The summed E-state index contributed by atoms with van der Waals surface area (Å²) in [6, 6.07) is 28.8. The molecule has 4 N–H and O–H groups in total. The van der Waals surface area contributed by atoms with Crippen molar-refractivity contribution in [2.45, 2.75) is 39.0 Å². The number of fused-ring (bicyclic) bond motifs is 1. The standard InChI is InChI=1S/C39H39N7O4/c1-2-42-44-23-20-33(21-24-44)50-32-17-15-31(16-18-32)46(38(47)28-10-12-29(13-11-28)39(48)49)26-36-43-34-25-30(37(40)41)14-19-35(34)45(36)22-6-9-27-7-4-3-5-8-27/h2-19,25,33H,20-24,26H2,1H3,(H3,40,41)(H,48,49)/b9-6+,42-2+. The van der Waals surface area contributed by atoms with Crippen molar-refractivity contribution in [2.24, 2.45) is 10.8 Å². The third-order valence-electron chi connectivity index (χ3n) is 8.61. The molecule has 0 unspecified atom stereocenters. The van der Waals surface area contributed by atoms with Crippen LogP contribution in [-0.2, 0) is 13.1 Å². The zero-order valence-corrected chi connectivity index (χ0v) is 27.8. The molecule has 4 aromatic carbocycles. The quantitative estimate of drug-likeness (QED) is 0.102. The highest BCUT2D eigenvalue weighted by Gasteiger charge is 2.24. The number of ether oxygens (including phenoxy) is 1. The van der Waals surface area contributed by atoms with E-state index in [-0.39, 0.29) is 30.0 Å². The first-order valence-corrected chi connectivity index (χ1v) is 16.5. The Morgan fingerprint density at radius 2 is 1.66 bits per heavy atom. The Labute approximate surface area is 290 Å². The number of nitrogens with zero attached hydrogens (tertiary/aromatic N) is 5. The summed E-state index contributed by atoms with van der Waals surface area (Å²) in [5, 5.41) is 23.8. The van der Waals surface area contributed by atoms with Crippen molar-refractivity contribution in [3.8, 4) is 5.75 Å². The molecular formula is C39H39N7O4. The molecule has 0 bridgehead atoms. The average Bonchev–Trinajstić information content (AvgIpc) is 3.48. The third kappa shape index (κ3) is 7.90. The van der Waals surface area contributed by atoms with Gasteiger partial charge in [-0.25, -0.2) is 9.78 Å². The van der Waals surface area contributed by atoms with Gasteiger partial charge in [0.2, 0.25) is 0 Å². The van der Waals surface area contributed by atoms with Gasteiger partial charge in [-0.2, -0.15) is 5.10 Å². The minimum absolute atomic E-state index is 0.0593. The lowest BCUT2D eigenvalue weighted by Crippen LogP contribution is -2.35. The van der Waals surface area contributed by atoms with Gasteiger partial charge >= 0.3 is 5.97 Å². The predicted molar refractivity (Wildman–Crippen MR) is 196 cm³/mol. The van der Waals surface area contributed by atoms with E-state index in [0.717, 1.165) is 37.0 Å². The zero-order valence-electron chi connectivity index (χ0n) is 27.8. The lowest BCUT2D eigenvalue weighted by atomic mass is 10.1. The number of piperidine rings is 1. The minimum Gasteiger partial charge on any atom is -0.490 e. The minimum atomic E-state index is -1.07. The van der Waals surface area contributed by atoms with Crippen molar-refractivity contribution >= 4 is 46.7 Å². The second-order valence-electron chi connectivity index (χ2n) is 12.0. The van der Waals surface area contributed by atoms with Crippen LogP contribution in [0.5, 0.6) is 5.75 Å². The number of carboxylic acids is 1. The van der Waals surface area contributed by atoms with Crippen LogP contribution in [0.2, 0.25) is 0 Å². The molecule has 1 aliphatic heterocycles. The van der Waals surface area contributed by atoms with Crippen LogP contribution in [0.15, 0.2) is 108 Å². The van der Waals surface area contributed by atoms with E-state index in [4.69, 9.17) is 20.9 Å². The van der Waals surface area contributed by atoms with E-state index in [0.29, 0.717) is 40.4 Å². The summed E-state index contributed by atoms with van der Waals surface area (Å²) in [4.78, 5) is 32.3. The first kappa shape index (κ1) is 33.7. The number of allylic oxidation sites excluding steroid dienone is 1. The van der Waals surface area contributed by atoms with E-state index in [1.807, 2.05) is 89.3 Å². The Kier molecular flexibility index (Phi) is 10.3. The molecule has 2 heterocycles. The van der Waals surface area contributed by atoms with Crippen molar-refractivity contribution in [1.29, 1.82) is 5.41 Å². The Hall–Kier alpha value is -6.23. The van der Waals surface area contributed by atoms with Crippen molar-refractivity contribution in [3.63, 3.8) is 0 Å². The van der Waals surface area contributed by atoms with Crippen LogP contribution in [0.3, 0.4) is 0 Å². The molecule has 0 aliphatic carbocycles. The summed E-state index contributed by atoms with van der Waals surface area (Å²) in [7, 11) is 0. The lowest BCUT2D eigenvalue weighted by molar-refractivity contribution is 0.0696. The van der Waals surface area contributed by atoms with Gasteiger partial charge in [-0.1, -0.05) is 42.5 Å². The molecule has 6 rings (SSSR count). The maximum Gasteiger partial charge on any atom is 0.335 e. The van der Waals surface area contributed by atoms with E-state index in [9.17, 15) is 14.7 Å². The Balaban J connectivity index is 1.33. The number of aromatic nitrogens is 2. The summed E-state index contributed by atoms with van der Waals surface area (Å²) in [6.07, 6.45) is 7.66. The molecule has 1 amide bonds. The molecule has 254 valence electrons. The summed E-state index contributed by atoms with van der Waals surface area (Å²) in [6.45, 7) is 4.15. The highest BCUT2D eigenvalue weighted by atomic mass is 16.5. The molecule has 1 saturated heterocycles. The number of imidazole rings is 1. The largest absolute Gasteiger partial charge is 0.490 e. The van der Waals surface area contributed by atoms with Gasteiger partial charge in [-0.05, 0) is 79.2 Å². The van der Waals surface area contributed by atoms with Crippen LogP contribution in [0.25, 0.3) is 17.1 Å². The molecule has 50 heavy (non-hydrogen) atoms. The summed E-state index contributed by atoms with van der Waals surface area (Å²) >= 11 is 0.